The summed E-state index contributed by atoms with van der Waals surface area (Å²) in [5, 5.41) is 0. The molecule has 0 saturated carbocycles. The molecule has 0 spiro atoms. The van der Waals surface area contributed by atoms with Crippen molar-refractivity contribution in [2.24, 2.45) is 7.05 Å². The Balaban J connectivity index is 3.17. The molecule has 10 heavy (non-hydrogen) atoms. The van der Waals surface area contributed by atoms with Gasteiger partial charge in [-0.3, -0.25) is 4.79 Å². The van der Waals surface area contributed by atoms with Gasteiger partial charge in [0, 0.05) is 24.2 Å². The minimum atomic E-state index is 0.0396. The van der Waals surface area contributed by atoms with Crippen molar-refractivity contribution in [3.63, 3.8) is 0 Å². The van der Waals surface area contributed by atoms with Crippen LogP contribution in [0, 0.1) is 0 Å². The predicted octanol–water partition coefficient (Wildman–Crippen LogP) is 1.11. The molecule has 1 heterocycles. The summed E-state index contributed by atoms with van der Waals surface area (Å²) >= 11 is 1.63. The molecular weight excluding hydrogens is 146 g/mol. The molecule has 0 saturated heterocycles. The molecule has 1 aromatic rings. The van der Waals surface area contributed by atoms with Gasteiger partial charge in [-0.2, -0.15) is 0 Å². The van der Waals surface area contributed by atoms with Gasteiger partial charge in [-0.15, -0.1) is 11.8 Å². The molecule has 54 valence electrons. The van der Waals surface area contributed by atoms with Crippen LogP contribution in [0.3, 0.4) is 0 Å². The summed E-state index contributed by atoms with van der Waals surface area (Å²) in [6.07, 6.45) is 3.81. The highest BCUT2D eigenvalue weighted by Crippen LogP contribution is 2.09. The molecule has 0 aliphatic heterocycles. The number of hydrogen-bond acceptors (Lipinski definition) is 2. The number of nitrogens with zero attached hydrogens (tertiary/aromatic N) is 1. The third kappa shape index (κ3) is 1.42. The third-order valence-corrected chi connectivity index (χ3v) is 2.01. The van der Waals surface area contributed by atoms with E-state index in [9.17, 15) is 4.79 Å². The van der Waals surface area contributed by atoms with Crippen LogP contribution >= 0.6 is 11.8 Å². The Labute approximate surface area is 63.9 Å². The minimum Gasteiger partial charge on any atom is -0.317 e. The van der Waals surface area contributed by atoms with E-state index in [1.807, 2.05) is 18.5 Å². The van der Waals surface area contributed by atoms with E-state index in [0.717, 1.165) is 4.90 Å². The minimum absolute atomic E-state index is 0.0396. The maximum absolute atomic E-state index is 10.8. The summed E-state index contributed by atoms with van der Waals surface area (Å²) in [6.45, 7) is 0. The highest BCUT2D eigenvalue weighted by atomic mass is 32.2. The van der Waals surface area contributed by atoms with E-state index >= 15 is 0 Å². The number of aryl methyl sites for hydroxylation is 1. The molecule has 1 aromatic heterocycles. The molecule has 3 heteroatoms. The van der Waals surface area contributed by atoms with Gasteiger partial charge in [0.1, 0.15) is 0 Å². The van der Waals surface area contributed by atoms with Crippen molar-refractivity contribution in [2.75, 3.05) is 6.26 Å². The van der Waals surface area contributed by atoms with Gasteiger partial charge >= 0.3 is 0 Å². The van der Waals surface area contributed by atoms with Crippen LogP contribution in [0.1, 0.15) is 0 Å². The molecule has 0 aromatic carbocycles. The molecule has 0 N–H and O–H groups in total. The van der Waals surface area contributed by atoms with Gasteiger partial charge in [0.2, 0.25) is 5.56 Å². The zero-order valence-corrected chi connectivity index (χ0v) is 6.81. The number of aromatic nitrogens is 1. The lowest BCUT2D eigenvalue weighted by atomic mass is 10.5. The largest absolute Gasteiger partial charge is 0.317 e. The van der Waals surface area contributed by atoms with Crippen LogP contribution in [0.25, 0.3) is 0 Å². The van der Waals surface area contributed by atoms with E-state index in [4.69, 9.17) is 0 Å². The summed E-state index contributed by atoms with van der Waals surface area (Å²) < 4.78 is 1.58. The molecule has 0 aliphatic rings. The number of rotatable bonds is 1. The zero-order chi connectivity index (χ0) is 7.56. The van der Waals surface area contributed by atoms with Crippen molar-refractivity contribution >= 4 is 11.8 Å². The van der Waals surface area contributed by atoms with Crippen molar-refractivity contribution in [1.82, 2.24) is 4.57 Å². The second-order valence-electron chi connectivity index (χ2n) is 2.02. The van der Waals surface area contributed by atoms with Gasteiger partial charge in [-0.1, -0.05) is 0 Å². The third-order valence-electron chi connectivity index (χ3n) is 1.29. The molecule has 1 rings (SSSR count). The van der Waals surface area contributed by atoms with Gasteiger partial charge in [0.25, 0.3) is 0 Å². The van der Waals surface area contributed by atoms with E-state index < -0.39 is 0 Å². The molecule has 0 fully saturated rings. The van der Waals surface area contributed by atoms with Gasteiger partial charge in [-0.05, 0) is 12.3 Å². The topological polar surface area (TPSA) is 22.0 Å². The van der Waals surface area contributed by atoms with Crippen molar-refractivity contribution < 1.29 is 0 Å². The van der Waals surface area contributed by atoms with Crippen LogP contribution < -0.4 is 5.56 Å². The van der Waals surface area contributed by atoms with Crippen LogP contribution in [0.4, 0.5) is 0 Å². The summed E-state index contributed by atoms with van der Waals surface area (Å²) in [7, 11) is 1.75. The summed E-state index contributed by atoms with van der Waals surface area (Å²) in [6, 6.07) is 3.40. The number of pyridine rings is 1. The molecule has 2 nitrogen and oxygen atoms in total. The highest BCUT2D eigenvalue weighted by molar-refractivity contribution is 7.98. The monoisotopic (exact) mass is 155 g/mol. The average Bonchev–Trinajstić information content (AvgIpc) is 1.95. The number of thioether (sulfide) groups is 1. The molecule has 0 amide bonds. The lowest BCUT2D eigenvalue weighted by Gasteiger charge is -1.97. The van der Waals surface area contributed by atoms with Crippen molar-refractivity contribution in [1.29, 1.82) is 0 Å². The summed E-state index contributed by atoms with van der Waals surface area (Å²) in [5.74, 6) is 0. The highest BCUT2D eigenvalue weighted by Gasteiger charge is 1.90. The lowest BCUT2D eigenvalue weighted by molar-refractivity contribution is 0.840. The fourth-order valence-corrected chi connectivity index (χ4v) is 1.16. The fourth-order valence-electron chi connectivity index (χ4n) is 0.689. The fraction of sp³-hybridized carbons (Fsp3) is 0.286. The molecule has 0 aliphatic carbocycles. The second-order valence-corrected chi connectivity index (χ2v) is 2.90. The Kier molecular flexibility index (Phi) is 2.17. The van der Waals surface area contributed by atoms with E-state index in [2.05, 4.69) is 0 Å². The van der Waals surface area contributed by atoms with Crippen LogP contribution in [-0.2, 0) is 7.05 Å². The molecule has 0 bridgehead atoms. The first-order valence-corrected chi connectivity index (χ1v) is 4.17. The standard InChI is InChI=1S/C7H9NOS/c1-8-5-6(10-2)3-4-7(8)9/h3-5H,1-2H3. The SMILES string of the molecule is CSc1ccc(=O)n(C)c1. The maximum Gasteiger partial charge on any atom is 0.250 e. The second kappa shape index (κ2) is 2.92. The van der Waals surface area contributed by atoms with Crippen LogP contribution in [0.2, 0.25) is 0 Å². The van der Waals surface area contributed by atoms with Gasteiger partial charge in [-0.25, -0.2) is 0 Å². The van der Waals surface area contributed by atoms with Crippen molar-refractivity contribution in [3.8, 4) is 0 Å². The Morgan fingerprint density at radius 2 is 2.20 bits per heavy atom. The van der Waals surface area contributed by atoms with Gasteiger partial charge in [0.05, 0.1) is 0 Å². The number of hydrogen-bond donors (Lipinski definition) is 0. The molecule has 0 unspecified atom stereocenters. The Morgan fingerprint density at radius 3 is 2.70 bits per heavy atom. The van der Waals surface area contributed by atoms with Crippen LogP contribution in [0.15, 0.2) is 28.0 Å². The smallest absolute Gasteiger partial charge is 0.250 e. The summed E-state index contributed by atoms with van der Waals surface area (Å²) in [5.41, 5.74) is 0.0396. The van der Waals surface area contributed by atoms with Crippen LogP contribution in [0.5, 0.6) is 0 Å². The zero-order valence-electron chi connectivity index (χ0n) is 6.00. The Bertz CT molecular complexity index is 279. The molecule has 0 radical (unpaired) electrons. The first kappa shape index (κ1) is 7.41. The predicted molar refractivity (Wildman–Crippen MR) is 43.5 cm³/mol. The van der Waals surface area contributed by atoms with E-state index in [1.54, 1.807) is 29.4 Å². The lowest BCUT2D eigenvalue weighted by Crippen LogP contribution is -2.13. The Morgan fingerprint density at radius 1 is 1.50 bits per heavy atom. The van der Waals surface area contributed by atoms with E-state index in [-0.39, 0.29) is 5.56 Å². The quantitative estimate of drug-likeness (QED) is 0.567. The normalized spacial score (nSPS) is 9.80. The van der Waals surface area contributed by atoms with E-state index in [1.165, 1.54) is 0 Å². The van der Waals surface area contributed by atoms with E-state index in [0.29, 0.717) is 0 Å². The summed E-state index contributed by atoms with van der Waals surface area (Å²) in [4.78, 5) is 12.0. The van der Waals surface area contributed by atoms with Crippen LogP contribution in [-0.4, -0.2) is 10.8 Å². The average molecular weight is 155 g/mol. The first-order chi connectivity index (χ1) is 4.74. The van der Waals surface area contributed by atoms with Crippen molar-refractivity contribution in [2.45, 2.75) is 4.90 Å². The Hall–Kier alpha value is -0.700. The van der Waals surface area contributed by atoms with Gasteiger partial charge in [0.15, 0.2) is 0 Å². The maximum atomic E-state index is 10.8. The molecular formula is C7H9NOS. The first-order valence-electron chi connectivity index (χ1n) is 2.94. The molecule has 0 atom stereocenters. The van der Waals surface area contributed by atoms with Crippen molar-refractivity contribution in [3.05, 3.63) is 28.7 Å². The van der Waals surface area contributed by atoms with Gasteiger partial charge < -0.3 is 4.57 Å².